The van der Waals surface area contributed by atoms with E-state index in [0.717, 1.165) is 12.0 Å². The summed E-state index contributed by atoms with van der Waals surface area (Å²) in [5.41, 5.74) is 0.981. The normalized spacial score (nSPS) is 27.1. The molecule has 1 amide bonds. The van der Waals surface area contributed by atoms with Gasteiger partial charge < -0.3 is 4.90 Å². The second-order valence-corrected chi connectivity index (χ2v) is 6.35. The van der Waals surface area contributed by atoms with Crippen LogP contribution >= 0.6 is 0 Å². The molecule has 2 aliphatic carbocycles. The maximum Gasteiger partial charge on any atom is 0.231 e. The Morgan fingerprint density at radius 2 is 2.14 bits per heavy atom. The first-order valence-electron chi connectivity index (χ1n) is 7.68. The average Bonchev–Trinajstić information content (AvgIpc) is 3.13. The van der Waals surface area contributed by atoms with Gasteiger partial charge in [-0.2, -0.15) is 0 Å². The summed E-state index contributed by atoms with van der Waals surface area (Å²) in [7, 11) is 0. The summed E-state index contributed by atoms with van der Waals surface area (Å²) >= 11 is 0. The van der Waals surface area contributed by atoms with Gasteiger partial charge in [0.1, 0.15) is 5.82 Å². The summed E-state index contributed by atoms with van der Waals surface area (Å²) in [5.74, 6) is 0.167. The van der Waals surface area contributed by atoms with Crippen LogP contribution in [-0.4, -0.2) is 34.5 Å². The van der Waals surface area contributed by atoms with Crippen molar-refractivity contribution in [2.75, 3.05) is 6.67 Å². The number of carbonyl (C=O) groups excluding carboxylic acids is 1. The van der Waals surface area contributed by atoms with Crippen molar-refractivity contribution in [2.45, 2.75) is 37.9 Å². The number of likely N-dealkylation sites (tertiary alicyclic amines) is 1. The zero-order valence-corrected chi connectivity index (χ0v) is 11.9. The second-order valence-electron chi connectivity index (χ2n) is 6.35. The highest BCUT2D eigenvalue weighted by Gasteiger charge is 2.42. The van der Waals surface area contributed by atoms with Crippen molar-refractivity contribution in [3.05, 3.63) is 47.8 Å². The van der Waals surface area contributed by atoms with Crippen LogP contribution in [0.3, 0.4) is 0 Å². The van der Waals surface area contributed by atoms with Gasteiger partial charge in [-0.05, 0) is 37.0 Å². The van der Waals surface area contributed by atoms with Crippen molar-refractivity contribution in [3.8, 4) is 0 Å². The molecule has 21 heavy (non-hydrogen) atoms. The van der Waals surface area contributed by atoms with E-state index in [1.807, 2.05) is 17.0 Å². The highest BCUT2D eigenvalue weighted by Crippen LogP contribution is 2.35. The molecule has 2 bridgehead atoms. The number of hydrogen-bond donors (Lipinski definition) is 0. The van der Waals surface area contributed by atoms with E-state index >= 15 is 0 Å². The number of rotatable bonds is 5. The third kappa shape index (κ3) is 2.48. The number of halogens is 1. The molecule has 1 heterocycles. The van der Waals surface area contributed by atoms with Crippen molar-refractivity contribution < 1.29 is 9.18 Å². The zero-order valence-electron chi connectivity index (χ0n) is 11.9. The van der Waals surface area contributed by atoms with E-state index in [-0.39, 0.29) is 23.7 Å². The Bertz CT molecular complexity index is 596. The summed E-state index contributed by atoms with van der Waals surface area (Å²) in [6, 6.07) is 7.59. The van der Waals surface area contributed by atoms with Crippen molar-refractivity contribution in [3.63, 3.8) is 0 Å². The van der Waals surface area contributed by atoms with E-state index < -0.39 is 0 Å². The predicted molar refractivity (Wildman–Crippen MR) is 77.7 cm³/mol. The molecule has 1 saturated carbocycles. The van der Waals surface area contributed by atoms with Gasteiger partial charge in [0, 0.05) is 12.6 Å². The van der Waals surface area contributed by atoms with E-state index in [4.69, 9.17) is 0 Å². The van der Waals surface area contributed by atoms with Crippen molar-refractivity contribution in [1.82, 2.24) is 9.80 Å². The summed E-state index contributed by atoms with van der Waals surface area (Å²) < 4.78 is 13.3. The van der Waals surface area contributed by atoms with Crippen molar-refractivity contribution in [2.24, 2.45) is 5.92 Å². The molecule has 110 valence electrons. The van der Waals surface area contributed by atoms with Crippen LogP contribution in [0.4, 0.5) is 4.39 Å². The molecule has 4 heteroatoms. The lowest BCUT2D eigenvalue weighted by Gasteiger charge is -2.32. The predicted octanol–water partition coefficient (Wildman–Crippen LogP) is 2.53. The van der Waals surface area contributed by atoms with Gasteiger partial charge in [-0.1, -0.05) is 24.3 Å². The summed E-state index contributed by atoms with van der Waals surface area (Å²) in [6.07, 6.45) is 7.50. The fourth-order valence-electron chi connectivity index (χ4n) is 3.44. The molecule has 0 spiro atoms. The van der Waals surface area contributed by atoms with E-state index in [0.29, 0.717) is 19.3 Å². The Morgan fingerprint density at radius 3 is 2.81 bits per heavy atom. The molecular formula is C17H19FN2O. The van der Waals surface area contributed by atoms with Crippen molar-refractivity contribution in [1.29, 1.82) is 0 Å². The molecule has 1 aromatic rings. The topological polar surface area (TPSA) is 23.6 Å². The minimum absolute atomic E-state index is 0.102. The molecule has 0 aromatic heterocycles. The molecule has 3 nitrogen and oxygen atoms in total. The van der Waals surface area contributed by atoms with Gasteiger partial charge in [0.05, 0.1) is 18.6 Å². The number of fused-ring (bicyclic) bond motifs is 2. The molecule has 1 saturated heterocycles. The Morgan fingerprint density at radius 1 is 1.29 bits per heavy atom. The van der Waals surface area contributed by atoms with Crippen LogP contribution in [-0.2, 0) is 11.3 Å². The molecule has 0 N–H and O–H groups in total. The summed E-state index contributed by atoms with van der Waals surface area (Å²) in [4.78, 5) is 16.5. The average molecular weight is 286 g/mol. The van der Waals surface area contributed by atoms with Crippen molar-refractivity contribution >= 4 is 5.91 Å². The van der Waals surface area contributed by atoms with Crippen LogP contribution in [0.15, 0.2) is 36.4 Å². The fraction of sp³-hybridized carbons (Fsp3) is 0.471. The number of carbonyl (C=O) groups is 1. The largest absolute Gasteiger partial charge is 0.323 e. The van der Waals surface area contributed by atoms with Gasteiger partial charge in [-0.15, -0.1) is 0 Å². The minimum atomic E-state index is -0.192. The smallest absolute Gasteiger partial charge is 0.231 e. The number of benzene rings is 1. The standard InChI is InChI=1S/C17H19FN2O/c18-14-3-1-2-12(8-14)10-19(15-6-7-15)11-20-16-5-4-13(9-16)17(20)21/h1-5,8,13,15-16H,6-7,9-11H2. The van der Waals surface area contributed by atoms with Crippen LogP contribution in [0, 0.1) is 11.7 Å². The Kier molecular flexibility index (Phi) is 3.07. The van der Waals surface area contributed by atoms with E-state index in [1.165, 1.54) is 18.9 Å². The second kappa shape index (κ2) is 4.95. The van der Waals surface area contributed by atoms with Crippen LogP contribution in [0.5, 0.6) is 0 Å². The zero-order chi connectivity index (χ0) is 14.4. The van der Waals surface area contributed by atoms with Crippen LogP contribution in [0.2, 0.25) is 0 Å². The Balaban J connectivity index is 1.48. The highest BCUT2D eigenvalue weighted by molar-refractivity contribution is 5.85. The highest BCUT2D eigenvalue weighted by atomic mass is 19.1. The van der Waals surface area contributed by atoms with Gasteiger partial charge >= 0.3 is 0 Å². The first-order chi connectivity index (χ1) is 10.2. The van der Waals surface area contributed by atoms with Crippen LogP contribution in [0.25, 0.3) is 0 Å². The minimum Gasteiger partial charge on any atom is -0.323 e. The number of hydrogen-bond acceptors (Lipinski definition) is 2. The molecule has 4 rings (SSSR count). The van der Waals surface area contributed by atoms with E-state index in [2.05, 4.69) is 11.0 Å². The van der Waals surface area contributed by atoms with Gasteiger partial charge in [0.25, 0.3) is 0 Å². The SMILES string of the molecule is O=C1C2C=CC(C2)N1CN(Cc1cccc(F)c1)C1CC1. The molecule has 1 aromatic carbocycles. The molecule has 2 unspecified atom stereocenters. The van der Waals surface area contributed by atoms with Gasteiger partial charge in [-0.25, -0.2) is 4.39 Å². The monoisotopic (exact) mass is 286 g/mol. The van der Waals surface area contributed by atoms with Gasteiger partial charge in [0.15, 0.2) is 0 Å². The lowest BCUT2D eigenvalue weighted by atomic mass is 10.1. The van der Waals surface area contributed by atoms with Crippen LogP contribution < -0.4 is 0 Å². The Labute approximate surface area is 124 Å². The number of nitrogens with zero attached hydrogens (tertiary/aromatic N) is 2. The molecule has 3 aliphatic rings. The Hall–Kier alpha value is -1.68. The van der Waals surface area contributed by atoms with Gasteiger partial charge in [0.2, 0.25) is 5.91 Å². The molecule has 0 radical (unpaired) electrons. The molecule has 2 fully saturated rings. The van der Waals surface area contributed by atoms with Gasteiger partial charge in [-0.3, -0.25) is 9.69 Å². The lowest BCUT2D eigenvalue weighted by molar-refractivity contribution is -0.133. The maximum absolute atomic E-state index is 13.3. The molecule has 2 atom stereocenters. The third-order valence-corrected chi connectivity index (χ3v) is 4.73. The maximum atomic E-state index is 13.3. The lowest BCUT2D eigenvalue weighted by Crippen LogP contribution is -2.44. The summed E-state index contributed by atoms with van der Waals surface area (Å²) in [6.45, 7) is 1.39. The molecular weight excluding hydrogens is 267 g/mol. The fourth-order valence-corrected chi connectivity index (χ4v) is 3.44. The molecule has 1 aliphatic heterocycles. The van der Waals surface area contributed by atoms with E-state index in [1.54, 1.807) is 12.1 Å². The first-order valence-corrected chi connectivity index (χ1v) is 7.68. The quantitative estimate of drug-likeness (QED) is 0.777. The third-order valence-electron chi connectivity index (χ3n) is 4.73. The van der Waals surface area contributed by atoms with E-state index in [9.17, 15) is 9.18 Å². The summed E-state index contributed by atoms with van der Waals surface area (Å²) in [5, 5.41) is 0. The first kappa shape index (κ1) is 13.0. The number of amides is 1. The van der Waals surface area contributed by atoms with Crippen LogP contribution in [0.1, 0.15) is 24.8 Å².